The summed E-state index contributed by atoms with van der Waals surface area (Å²) in [7, 11) is 0. The van der Waals surface area contributed by atoms with E-state index in [2.05, 4.69) is 20.5 Å². The number of aromatic nitrogens is 3. The number of carbonyl (C=O) groups excluding carboxylic acids is 1. The van der Waals surface area contributed by atoms with Crippen molar-refractivity contribution in [3.63, 3.8) is 0 Å². The largest absolute Gasteiger partial charge is 0.416 e. The van der Waals surface area contributed by atoms with Crippen molar-refractivity contribution < 1.29 is 9.21 Å². The van der Waals surface area contributed by atoms with Crippen LogP contribution in [0.1, 0.15) is 20.9 Å². The van der Waals surface area contributed by atoms with Gasteiger partial charge in [0.2, 0.25) is 11.8 Å². The van der Waals surface area contributed by atoms with E-state index in [1.807, 2.05) is 55.5 Å². The number of nitrogens with zero attached hydrogens (tertiary/aromatic N) is 3. The monoisotopic (exact) mass is 426 g/mol. The molecule has 0 fully saturated rings. The van der Waals surface area contributed by atoms with Gasteiger partial charge >= 0.3 is 0 Å². The summed E-state index contributed by atoms with van der Waals surface area (Å²) in [5, 5.41) is 12.1. The number of thiazole rings is 1. The lowest BCUT2D eigenvalue weighted by Crippen LogP contribution is -2.22. The Morgan fingerprint density at radius 3 is 2.48 bits per heavy atom. The number of para-hydroxylation sites is 1. The highest BCUT2D eigenvalue weighted by Gasteiger charge is 2.12. The maximum absolute atomic E-state index is 12.5. The predicted octanol–water partition coefficient (Wildman–Crippen LogP) is 5.25. The zero-order valence-electron chi connectivity index (χ0n) is 16.7. The topological polar surface area (TPSA) is 80.9 Å². The molecule has 1 amide bonds. The molecule has 0 bridgehead atoms. The van der Waals surface area contributed by atoms with Gasteiger partial charge in [0, 0.05) is 16.7 Å². The van der Waals surface area contributed by atoms with Crippen LogP contribution in [0.4, 0.5) is 0 Å². The summed E-state index contributed by atoms with van der Waals surface area (Å²) in [6, 6.07) is 22.9. The Morgan fingerprint density at radius 2 is 1.71 bits per heavy atom. The van der Waals surface area contributed by atoms with Gasteiger partial charge in [-0.2, -0.15) is 0 Å². The van der Waals surface area contributed by atoms with E-state index >= 15 is 0 Å². The van der Waals surface area contributed by atoms with Gasteiger partial charge in [-0.15, -0.1) is 21.5 Å². The van der Waals surface area contributed by atoms with Gasteiger partial charge in [-0.25, -0.2) is 4.98 Å². The molecular formula is C24H18N4O2S. The van der Waals surface area contributed by atoms with Crippen molar-refractivity contribution in [2.75, 3.05) is 0 Å². The minimum absolute atomic E-state index is 0.156. The summed E-state index contributed by atoms with van der Waals surface area (Å²) in [6.07, 6.45) is 0. The number of aryl methyl sites for hydroxylation is 1. The highest BCUT2D eigenvalue weighted by atomic mass is 32.1. The third-order valence-electron chi connectivity index (χ3n) is 4.82. The molecule has 0 atom stereocenters. The molecule has 0 spiro atoms. The Kier molecular flexibility index (Phi) is 5.01. The zero-order chi connectivity index (χ0) is 21.2. The highest BCUT2D eigenvalue weighted by Crippen LogP contribution is 2.25. The molecule has 5 aromatic rings. The van der Waals surface area contributed by atoms with Crippen LogP contribution in [0, 0.1) is 6.92 Å². The molecule has 0 aliphatic rings. The summed E-state index contributed by atoms with van der Waals surface area (Å²) >= 11 is 1.58. The number of carbonyl (C=O) groups is 1. The molecule has 0 aliphatic heterocycles. The SMILES string of the molecule is Cc1cccc(-c2nnc(-c3ccc(C(=O)NCc4nc5ccccc5s4)cc3)o2)c1. The Balaban J connectivity index is 1.27. The number of nitrogens with one attached hydrogen (secondary N) is 1. The lowest BCUT2D eigenvalue weighted by molar-refractivity contribution is 0.0951. The second-order valence-corrected chi connectivity index (χ2v) is 8.23. The van der Waals surface area contributed by atoms with Crippen molar-refractivity contribution in [2.24, 2.45) is 0 Å². The summed E-state index contributed by atoms with van der Waals surface area (Å²) in [4.78, 5) is 17.1. The van der Waals surface area contributed by atoms with E-state index in [1.54, 1.807) is 35.6 Å². The molecular weight excluding hydrogens is 408 g/mol. The number of rotatable bonds is 5. The van der Waals surface area contributed by atoms with Crippen molar-refractivity contribution in [2.45, 2.75) is 13.5 Å². The Morgan fingerprint density at radius 1 is 0.935 bits per heavy atom. The number of amides is 1. The van der Waals surface area contributed by atoms with Crippen LogP contribution in [-0.2, 0) is 6.54 Å². The fourth-order valence-electron chi connectivity index (χ4n) is 3.25. The van der Waals surface area contributed by atoms with Gasteiger partial charge in [0.25, 0.3) is 5.91 Å². The summed E-state index contributed by atoms with van der Waals surface area (Å²) in [6.45, 7) is 2.41. The first kappa shape index (κ1) is 19.1. The molecule has 2 heterocycles. The van der Waals surface area contributed by atoms with Crippen LogP contribution in [0.5, 0.6) is 0 Å². The molecule has 5 rings (SSSR count). The molecule has 152 valence electrons. The predicted molar refractivity (Wildman–Crippen MR) is 121 cm³/mol. The van der Waals surface area contributed by atoms with Crippen LogP contribution in [0.25, 0.3) is 33.1 Å². The summed E-state index contributed by atoms with van der Waals surface area (Å²) in [5.74, 6) is 0.728. The third-order valence-corrected chi connectivity index (χ3v) is 5.86. The van der Waals surface area contributed by atoms with Crippen molar-refractivity contribution in [1.29, 1.82) is 0 Å². The normalized spacial score (nSPS) is 11.0. The molecule has 3 aromatic carbocycles. The van der Waals surface area contributed by atoms with Gasteiger partial charge < -0.3 is 9.73 Å². The Hall–Kier alpha value is -3.84. The number of fused-ring (bicyclic) bond motifs is 1. The van der Waals surface area contributed by atoms with Crippen molar-refractivity contribution >= 4 is 27.5 Å². The fraction of sp³-hybridized carbons (Fsp3) is 0.0833. The lowest BCUT2D eigenvalue weighted by Gasteiger charge is -2.03. The van der Waals surface area contributed by atoms with Gasteiger partial charge in [0.15, 0.2) is 0 Å². The second kappa shape index (κ2) is 8.12. The van der Waals surface area contributed by atoms with Crippen LogP contribution in [0.3, 0.4) is 0 Å². The van der Waals surface area contributed by atoms with Gasteiger partial charge in [0.1, 0.15) is 5.01 Å². The minimum atomic E-state index is -0.156. The lowest BCUT2D eigenvalue weighted by atomic mass is 10.1. The average Bonchev–Trinajstić information content (AvgIpc) is 3.45. The maximum atomic E-state index is 12.5. The quantitative estimate of drug-likeness (QED) is 0.415. The standard InChI is InChI=1S/C24H18N4O2S/c1-15-5-4-6-18(13-15)24-28-27-23(30-24)17-11-9-16(10-12-17)22(29)25-14-21-26-19-7-2-3-8-20(19)31-21/h2-13H,14H2,1H3,(H,25,29). The maximum Gasteiger partial charge on any atom is 0.251 e. The fourth-order valence-corrected chi connectivity index (χ4v) is 4.16. The molecule has 2 aromatic heterocycles. The molecule has 0 saturated carbocycles. The highest BCUT2D eigenvalue weighted by molar-refractivity contribution is 7.18. The van der Waals surface area contributed by atoms with E-state index in [-0.39, 0.29) is 5.91 Å². The van der Waals surface area contributed by atoms with Gasteiger partial charge in [-0.3, -0.25) is 4.79 Å². The molecule has 0 unspecified atom stereocenters. The first-order valence-electron chi connectivity index (χ1n) is 9.79. The minimum Gasteiger partial charge on any atom is -0.416 e. The van der Waals surface area contributed by atoms with E-state index in [1.165, 1.54) is 0 Å². The van der Waals surface area contributed by atoms with Gasteiger partial charge in [0.05, 0.1) is 16.8 Å². The average molecular weight is 427 g/mol. The number of hydrogen-bond acceptors (Lipinski definition) is 6. The van der Waals surface area contributed by atoms with Crippen LogP contribution in [-0.4, -0.2) is 21.1 Å². The third kappa shape index (κ3) is 4.08. The molecule has 0 radical (unpaired) electrons. The zero-order valence-corrected chi connectivity index (χ0v) is 17.5. The first-order valence-corrected chi connectivity index (χ1v) is 10.6. The van der Waals surface area contributed by atoms with Crippen molar-refractivity contribution in [1.82, 2.24) is 20.5 Å². The Bertz CT molecular complexity index is 1340. The van der Waals surface area contributed by atoms with Gasteiger partial charge in [-0.1, -0.05) is 29.8 Å². The second-order valence-electron chi connectivity index (χ2n) is 7.12. The number of hydrogen-bond donors (Lipinski definition) is 1. The van der Waals surface area contributed by atoms with E-state index in [4.69, 9.17) is 4.42 Å². The number of benzene rings is 3. The van der Waals surface area contributed by atoms with E-state index in [0.717, 1.165) is 31.9 Å². The van der Waals surface area contributed by atoms with Crippen LogP contribution < -0.4 is 5.32 Å². The summed E-state index contributed by atoms with van der Waals surface area (Å²) in [5.41, 5.74) is 4.27. The van der Waals surface area contributed by atoms with Gasteiger partial charge in [-0.05, 0) is 55.5 Å². The van der Waals surface area contributed by atoms with Crippen molar-refractivity contribution in [3.05, 3.63) is 88.9 Å². The molecule has 6 nitrogen and oxygen atoms in total. The molecule has 1 N–H and O–H groups in total. The van der Waals surface area contributed by atoms with Crippen LogP contribution in [0.2, 0.25) is 0 Å². The van der Waals surface area contributed by atoms with E-state index in [9.17, 15) is 4.79 Å². The Labute approximate surface area is 182 Å². The molecule has 7 heteroatoms. The first-order chi connectivity index (χ1) is 15.2. The summed E-state index contributed by atoms with van der Waals surface area (Å²) < 4.78 is 6.93. The smallest absolute Gasteiger partial charge is 0.251 e. The van der Waals surface area contributed by atoms with Crippen LogP contribution in [0.15, 0.2) is 77.2 Å². The van der Waals surface area contributed by atoms with Crippen LogP contribution >= 0.6 is 11.3 Å². The molecule has 0 saturated heterocycles. The van der Waals surface area contributed by atoms with E-state index in [0.29, 0.717) is 23.9 Å². The van der Waals surface area contributed by atoms with Crippen molar-refractivity contribution in [3.8, 4) is 22.9 Å². The van der Waals surface area contributed by atoms with E-state index < -0.39 is 0 Å². The molecule has 31 heavy (non-hydrogen) atoms. The molecule has 0 aliphatic carbocycles.